The number of benzene rings is 3. The van der Waals surface area contributed by atoms with Crippen molar-refractivity contribution >= 4 is 29.1 Å². The van der Waals surface area contributed by atoms with Crippen molar-refractivity contribution in [1.29, 1.82) is 0 Å². The number of carbonyl (C=O) groups is 2. The molecule has 8 heteroatoms. The molecular weight excluding hydrogens is 478 g/mol. The van der Waals surface area contributed by atoms with Crippen molar-refractivity contribution in [3.63, 3.8) is 0 Å². The second-order valence-corrected chi connectivity index (χ2v) is 9.00. The van der Waals surface area contributed by atoms with Crippen molar-refractivity contribution in [1.82, 2.24) is 10.2 Å². The molecule has 3 aromatic carbocycles. The molecule has 0 saturated carbocycles. The smallest absolute Gasteiger partial charge is 0.273 e. The van der Waals surface area contributed by atoms with E-state index in [1.165, 1.54) is 11.0 Å². The molecule has 0 aliphatic heterocycles. The van der Waals surface area contributed by atoms with Gasteiger partial charge in [-0.15, -0.1) is 0 Å². The zero-order valence-corrected chi connectivity index (χ0v) is 21.0. The van der Waals surface area contributed by atoms with Crippen molar-refractivity contribution in [2.45, 2.75) is 45.2 Å². The molecule has 7 nitrogen and oxygen atoms in total. The van der Waals surface area contributed by atoms with E-state index < -0.39 is 11.0 Å². The van der Waals surface area contributed by atoms with Gasteiger partial charge in [0.1, 0.15) is 6.04 Å². The molecule has 3 aromatic rings. The number of halogens is 1. The largest absolute Gasteiger partial charge is 0.354 e. The molecule has 1 N–H and O–H groups in total. The third-order valence-corrected chi connectivity index (χ3v) is 6.15. The number of nitrogens with zero attached hydrogens (tertiary/aromatic N) is 2. The second-order valence-electron chi connectivity index (χ2n) is 8.56. The Morgan fingerprint density at radius 1 is 0.972 bits per heavy atom. The molecular formula is C28H30ClN3O4. The van der Waals surface area contributed by atoms with Crippen molar-refractivity contribution in [2.24, 2.45) is 0 Å². The van der Waals surface area contributed by atoms with Crippen LogP contribution in [0.2, 0.25) is 5.02 Å². The lowest BCUT2D eigenvalue weighted by molar-refractivity contribution is -0.385. The second kappa shape index (κ2) is 13.4. The molecule has 0 spiro atoms. The van der Waals surface area contributed by atoms with E-state index in [9.17, 15) is 19.7 Å². The van der Waals surface area contributed by atoms with Crippen LogP contribution in [0.25, 0.3) is 0 Å². The summed E-state index contributed by atoms with van der Waals surface area (Å²) in [5.41, 5.74) is 1.89. The predicted octanol–water partition coefficient (Wildman–Crippen LogP) is 5.35. The Hall–Kier alpha value is -3.71. The van der Waals surface area contributed by atoms with Gasteiger partial charge in [0.2, 0.25) is 11.8 Å². The highest BCUT2D eigenvalue weighted by atomic mass is 35.5. The first-order valence-corrected chi connectivity index (χ1v) is 12.3. The van der Waals surface area contributed by atoms with E-state index in [2.05, 4.69) is 5.32 Å². The van der Waals surface area contributed by atoms with Crippen molar-refractivity contribution in [2.75, 3.05) is 6.54 Å². The van der Waals surface area contributed by atoms with Crippen LogP contribution in [0.4, 0.5) is 5.69 Å². The Labute approximate surface area is 216 Å². The Morgan fingerprint density at radius 3 is 2.31 bits per heavy atom. The van der Waals surface area contributed by atoms with Gasteiger partial charge in [-0.3, -0.25) is 19.7 Å². The van der Waals surface area contributed by atoms with Gasteiger partial charge in [0.25, 0.3) is 5.69 Å². The average Bonchev–Trinajstić information content (AvgIpc) is 2.88. The number of rotatable bonds is 12. The number of unbranched alkanes of at least 4 members (excludes halogenated alkanes) is 1. The van der Waals surface area contributed by atoms with E-state index in [-0.39, 0.29) is 30.5 Å². The Balaban J connectivity index is 1.98. The first-order chi connectivity index (χ1) is 17.4. The van der Waals surface area contributed by atoms with Crippen molar-refractivity contribution in [3.05, 3.63) is 111 Å². The molecule has 0 saturated heterocycles. The number of carbonyl (C=O) groups excluding carboxylic acids is 2. The number of hydrogen-bond acceptors (Lipinski definition) is 4. The van der Waals surface area contributed by atoms with Crippen LogP contribution >= 0.6 is 11.6 Å². The summed E-state index contributed by atoms with van der Waals surface area (Å²) in [6, 6.07) is 22.0. The fraction of sp³-hybridized carbons (Fsp3) is 0.286. The number of para-hydroxylation sites is 1. The van der Waals surface area contributed by atoms with Gasteiger partial charge in [0, 0.05) is 36.2 Å². The summed E-state index contributed by atoms with van der Waals surface area (Å²) in [7, 11) is 0. The minimum absolute atomic E-state index is 0.121. The van der Waals surface area contributed by atoms with Gasteiger partial charge in [-0.1, -0.05) is 85.6 Å². The number of hydrogen-bond donors (Lipinski definition) is 1. The van der Waals surface area contributed by atoms with Gasteiger partial charge < -0.3 is 10.2 Å². The number of nitro benzene ring substituents is 1. The van der Waals surface area contributed by atoms with Crippen LogP contribution in [0.5, 0.6) is 0 Å². The van der Waals surface area contributed by atoms with E-state index in [1.807, 2.05) is 49.4 Å². The molecule has 0 aliphatic rings. The summed E-state index contributed by atoms with van der Waals surface area (Å²) in [6.45, 7) is 2.71. The molecule has 2 amide bonds. The first kappa shape index (κ1) is 26.9. The summed E-state index contributed by atoms with van der Waals surface area (Å²) < 4.78 is 0. The third kappa shape index (κ3) is 7.65. The predicted molar refractivity (Wildman–Crippen MR) is 141 cm³/mol. The van der Waals surface area contributed by atoms with Crippen LogP contribution in [0.15, 0.2) is 78.9 Å². The monoisotopic (exact) mass is 507 g/mol. The van der Waals surface area contributed by atoms with Crippen LogP contribution in [-0.4, -0.2) is 34.2 Å². The highest BCUT2D eigenvalue weighted by Gasteiger charge is 2.31. The van der Waals surface area contributed by atoms with Gasteiger partial charge in [0.15, 0.2) is 0 Å². The molecule has 3 rings (SSSR count). The average molecular weight is 508 g/mol. The topological polar surface area (TPSA) is 92.6 Å². The van der Waals surface area contributed by atoms with E-state index >= 15 is 0 Å². The highest BCUT2D eigenvalue weighted by molar-refractivity contribution is 6.30. The Bertz CT molecular complexity index is 1170. The minimum atomic E-state index is -0.796. The van der Waals surface area contributed by atoms with Crippen molar-refractivity contribution < 1.29 is 14.5 Å². The maximum Gasteiger partial charge on any atom is 0.273 e. The zero-order chi connectivity index (χ0) is 25.9. The molecule has 188 valence electrons. The lowest BCUT2D eigenvalue weighted by Crippen LogP contribution is -2.51. The first-order valence-electron chi connectivity index (χ1n) is 12.0. The van der Waals surface area contributed by atoms with Crippen LogP contribution in [0, 0.1) is 10.1 Å². The maximum absolute atomic E-state index is 13.7. The van der Waals surface area contributed by atoms with E-state index in [1.54, 1.807) is 30.3 Å². The van der Waals surface area contributed by atoms with Gasteiger partial charge >= 0.3 is 0 Å². The molecule has 0 fully saturated rings. The molecule has 0 radical (unpaired) electrons. The van der Waals surface area contributed by atoms with E-state index in [4.69, 9.17) is 11.6 Å². The molecule has 0 aromatic heterocycles. The summed E-state index contributed by atoms with van der Waals surface area (Å²) in [6.07, 6.45) is 1.87. The molecule has 0 unspecified atom stereocenters. The minimum Gasteiger partial charge on any atom is -0.354 e. The standard InChI is InChI=1S/C28H30ClN3O4/c1-2-3-17-30-28(34)26(18-21-9-5-4-6-10-21)31(20-22-13-15-24(29)16-14-22)27(33)19-23-11-7-8-12-25(23)32(35)36/h4-16,26H,2-3,17-20H2,1H3,(H,30,34)/t26-/m0/s1. The van der Waals surface area contributed by atoms with Crippen molar-refractivity contribution in [3.8, 4) is 0 Å². The molecule has 0 bridgehead atoms. The molecule has 0 aliphatic carbocycles. The lowest BCUT2D eigenvalue weighted by atomic mass is 10.0. The normalized spacial score (nSPS) is 11.5. The maximum atomic E-state index is 13.7. The van der Waals surface area contributed by atoms with Gasteiger partial charge in [-0.25, -0.2) is 0 Å². The van der Waals surface area contributed by atoms with Crippen LogP contribution in [0.1, 0.15) is 36.5 Å². The fourth-order valence-electron chi connectivity index (χ4n) is 3.95. The summed E-state index contributed by atoms with van der Waals surface area (Å²) in [5.74, 6) is -0.622. The molecule has 36 heavy (non-hydrogen) atoms. The lowest BCUT2D eigenvalue weighted by Gasteiger charge is -2.31. The Morgan fingerprint density at radius 2 is 1.64 bits per heavy atom. The number of nitrogens with one attached hydrogen (secondary N) is 1. The zero-order valence-electron chi connectivity index (χ0n) is 20.2. The summed E-state index contributed by atoms with van der Waals surface area (Å²) in [4.78, 5) is 39.7. The van der Waals surface area contributed by atoms with Crippen LogP contribution in [-0.2, 0) is 29.0 Å². The number of amides is 2. The summed E-state index contributed by atoms with van der Waals surface area (Å²) >= 11 is 6.05. The van der Waals surface area contributed by atoms with Gasteiger partial charge in [0.05, 0.1) is 11.3 Å². The van der Waals surface area contributed by atoms with E-state index in [0.717, 1.165) is 24.0 Å². The van der Waals surface area contributed by atoms with Gasteiger partial charge in [-0.05, 0) is 29.7 Å². The SMILES string of the molecule is CCCCNC(=O)[C@H](Cc1ccccc1)N(Cc1ccc(Cl)cc1)C(=O)Cc1ccccc1[N+](=O)[O-]. The highest BCUT2D eigenvalue weighted by Crippen LogP contribution is 2.22. The van der Waals surface area contributed by atoms with Gasteiger partial charge in [-0.2, -0.15) is 0 Å². The fourth-order valence-corrected chi connectivity index (χ4v) is 4.08. The quantitative estimate of drug-likeness (QED) is 0.203. The molecule has 1 atom stereocenters. The number of nitro groups is 1. The van der Waals surface area contributed by atoms with Crippen LogP contribution < -0.4 is 5.32 Å². The summed E-state index contributed by atoms with van der Waals surface area (Å²) in [5, 5.41) is 15.1. The third-order valence-electron chi connectivity index (χ3n) is 5.90. The Kier molecular flexibility index (Phi) is 10.0. The van der Waals surface area contributed by atoms with Crippen LogP contribution in [0.3, 0.4) is 0 Å². The van der Waals surface area contributed by atoms with E-state index in [0.29, 0.717) is 23.6 Å². The molecule has 0 heterocycles.